The van der Waals surface area contributed by atoms with Crippen molar-refractivity contribution in [3.8, 4) is 10.6 Å². The molecule has 2 amide bonds. The maximum absolute atomic E-state index is 14.2. The monoisotopic (exact) mass is 503 g/mol. The van der Waals surface area contributed by atoms with Crippen LogP contribution in [0.4, 0.5) is 30.1 Å². The molecule has 0 radical (unpaired) electrons. The number of ether oxygens (including phenoxy) is 1. The lowest BCUT2D eigenvalue weighted by molar-refractivity contribution is 0.0996. The third kappa shape index (κ3) is 5.14. The molecule has 3 N–H and O–H groups in total. The Hall–Kier alpha value is -3.87. The SMILES string of the molecule is C=NC(=O)O[C@H]1CCCN(c2c(NC(=O)c3nc(-c4c(F)cccc4F)sc3N)cnn2C)CC1. The molecule has 1 aliphatic rings. The van der Waals surface area contributed by atoms with Crippen LogP contribution in [0.1, 0.15) is 29.8 Å². The standard InChI is InChI=1S/C22H23F2N7O3S/c1-26-22(33)34-12-5-4-9-31(10-8-12)21-15(11-27-30(21)2)28-19(32)17-18(25)35-20(29-17)16-13(23)6-3-7-14(16)24/h3,6-7,11-12H,1,4-5,8-10,25H2,2H3,(H,28,32)/t12-/m0/s1. The number of carbonyl (C=O) groups is 2. The number of nitrogens with two attached hydrogens (primary N) is 1. The van der Waals surface area contributed by atoms with Gasteiger partial charge in [-0.1, -0.05) is 17.4 Å². The van der Waals surface area contributed by atoms with Gasteiger partial charge in [0.05, 0.1) is 11.8 Å². The zero-order valence-corrected chi connectivity index (χ0v) is 19.6. The van der Waals surface area contributed by atoms with Crippen molar-refractivity contribution in [1.82, 2.24) is 14.8 Å². The zero-order valence-electron chi connectivity index (χ0n) is 18.8. The third-order valence-electron chi connectivity index (χ3n) is 5.57. The number of nitrogens with zero attached hydrogens (tertiary/aromatic N) is 5. The Kier molecular flexibility index (Phi) is 7.05. The van der Waals surface area contributed by atoms with Crippen molar-refractivity contribution >= 4 is 46.6 Å². The van der Waals surface area contributed by atoms with Crippen LogP contribution in [0.2, 0.25) is 0 Å². The van der Waals surface area contributed by atoms with Gasteiger partial charge in [0.15, 0.2) is 11.5 Å². The first-order valence-corrected chi connectivity index (χ1v) is 11.6. The second-order valence-electron chi connectivity index (χ2n) is 7.87. The molecular weight excluding hydrogens is 480 g/mol. The number of aryl methyl sites for hydroxylation is 1. The molecule has 0 bridgehead atoms. The van der Waals surface area contributed by atoms with Gasteiger partial charge in [0.1, 0.15) is 33.4 Å². The minimum Gasteiger partial charge on any atom is -0.445 e. The fourth-order valence-electron chi connectivity index (χ4n) is 3.95. The molecule has 1 aromatic carbocycles. The Labute approximate surface area is 203 Å². The van der Waals surface area contributed by atoms with Gasteiger partial charge in [-0.3, -0.25) is 9.48 Å². The predicted molar refractivity (Wildman–Crippen MR) is 129 cm³/mol. The Bertz CT molecular complexity index is 1260. The number of hydrogen-bond acceptors (Lipinski definition) is 8. The van der Waals surface area contributed by atoms with E-state index in [0.29, 0.717) is 37.4 Å². The first-order chi connectivity index (χ1) is 16.8. The van der Waals surface area contributed by atoms with Crippen LogP contribution >= 0.6 is 11.3 Å². The second kappa shape index (κ2) is 10.2. The van der Waals surface area contributed by atoms with Gasteiger partial charge in [-0.05, 0) is 31.7 Å². The van der Waals surface area contributed by atoms with Gasteiger partial charge in [0, 0.05) is 26.6 Å². The van der Waals surface area contributed by atoms with E-state index in [9.17, 15) is 18.4 Å². The van der Waals surface area contributed by atoms with Gasteiger partial charge in [0.25, 0.3) is 5.91 Å². The van der Waals surface area contributed by atoms with Crippen molar-refractivity contribution < 1.29 is 23.1 Å². The zero-order chi connectivity index (χ0) is 25.1. The van der Waals surface area contributed by atoms with Crippen LogP contribution in [0.5, 0.6) is 0 Å². The molecule has 4 rings (SSSR count). The van der Waals surface area contributed by atoms with E-state index < -0.39 is 23.6 Å². The largest absolute Gasteiger partial charge is 0.445 e. The highest BCUT2D eigenvalue weighted by molar-refractivity contribution is 7.19. The Morgan fingerprint density at radius 2 is 2.03 bits per heavy atom. The van der Waals surface area contributed by atoms with Crippen LogP contribution in [0.25, 0.3) is 10.6 Å². The molecule has 13 heteroatoms. The first-order valence-electron chi connectivity index (χ1n) is 10.7. The molecular formula is C22H23F2N7O3S. The minimum absolute atomic E-state index is 0.0286. The molecule has 3 aromatic rings. The number of amides is 2. The smallest absolute Gasteiger partial charge is 0.433 e. The summed E-state index contributed by atoms with van der Waals surface area (Å²) in [5, 5.41) is 7.01. The Morgan fingerprint density at radius 3 is 2.74 bits per heavy atom. The summed E-state index contributed by atoms with van der Waals surface area (Å²) in [6.45, 7) is 4.37. The molecule has 35 heavy (non-hydrogen) atoms. The summed E-state index contributed by atoms with van der Waals surface area (Å²) in [5.74, 6) is -1.57. The van der Waals surface area contributed by atoms with Crippen molar-refractivity contribution in [1.29, 1.82) is 0 Å². The number of nitrogens with one attached hydrogen (secondary N) is 1. The maximum atomic E-state index is 14.2. The van der Waals surface area contributed by atoms with E-state index in [-0.39, 0.29) is 27.4 Å². The number of aromatic nitrogens is 3. The topological polar surface area (TPSA) is 128 Å². The second-order valence-corrected chi connectivity index (χ2v) is 8.90. The van der Waals surface area contributed by atoms with E-state index in [2.05, 4.69) is 27.1 Å². The van der Waals surface area contributed by atoms with Crippen LogP contribution in [-0.4, -0.2) is 52.7 Å². The number of benzene rings is 1. The third-order valence-corrected chi connectivity index (χ3v) is 6.47. The van der Waals surface area contributed by atoms with E-state index >= 15 is 0 Å². The highest BCUT2D eigenvalue weighted by Gasteiger charge is 2.26. The summed E-state index contributed by atoms with van der Waals surface area (Å²) in [7, 11) is 1.74. The Balaban J connectivity index is 1.53. The molecule has 1 fully saturated rings. The van der Waals surface area contributed by atoms with Crippen LogP contribution in [0, 0.1) is 11.6 Å². The molecule has 3 heterocycles. The minimum atomic E-state index is -0.797. The van der Waals surface area contributed by atoms with E-state index in [1.54, 1.807) is 11.7 Å². The van der Waals surface area contributed by atoms with Crippen molar-refractivity contribution in [2.75, 3.05) is 29.0 Å². The van der Waals surface area contributed by atoms with E-state index in [1.807, 2.05) is 4.90 Å². The molecule has 2 aromatic heterocycles. The van der Waals surface area contributed by atoms with Crippen molar-refractivity contribution in [2.45, 2.75) is 25.4 Å². The van der Waals surface area contributed by atoms with Gasteiger partial charge in [-0.25, -0.2) is 18.6 Å². The lowest BCUT2D eigenvalue weighted by atomic mass is 10.2. The molecule has 0 aliphatic carbocycles. The van der Waals surface area contributed by atoms with E-state index in [4.69, 9.17) is 10.5 Å². The number of aliphatic imine (C=N–C) groups is 1. The highest BCUT2D eigenvalue weighted by Crippen LogP contribution is 2.34. The average molecular weight is 504 g/mol. The van der Waals surface area contributed by atoms with Crippen LogP contribution < -0.4 is 16.0 Å². The normalized spacial score (nSPS) is 16.0. The number of rotatable bonds is 5. The van der Waals surface area contributed by atoms with E-state index in [0.717, 1.165) is 29.9 Å². The number of nitrogen functional groups attached to an aromatic ring is 1. The first kappa shape index (κ1) is 24.3. The number of anilines is 3. The average Bonchev–Trinajstić information content (AvgIpc) is 3.28. The number of hydrogen-bond donors (Lipinski definition) is 2. The van der Waals surface area contributed by atoms with Gasteiger partial charge >= 0.3 is 6.09 Å². The lowest BCUT2D eigenvalue weighted by Crippen LogP contribution is -2.28. The maximum Gasteiger partial charge on any atom is 0.433 e. The molecule has 1 aliphatic heterocycles. The molecule has 0 spiro atoms. The van der Waals surface area contributed by atoms with Crippen LogP contribution in [0.15, 0.2) is 29.4 Å². The fourth-order valence-corrected chi connectivity index (χ4v) is 4.83. The van der Waals surface area contributed by atoms with Crippen LogP contribution in [-0.2, 0) is 11.8 Å². The van der Waals surface area contributed by atoms with Crippen molar-refractivity contribution in [3.05, 3.63) is 41.7 Å². The summed E-state index contributed by atoms with van der Waals surface area (Å²) in [6, 6.07) is 3.46. The lowest BCUT2D eigenvalue weighted by Gasteiger charge is -2.24. The summed E-state index contributed by atoms with van der Waals surface area (Å²) < 4.78 is 35.2. The molecule has 0 saturated carbocycles. The number of carbonyl (C=O) groups excluding carboxylic acids is 2. The summed E-state index contributed by atoms with van der Waals surface area (Å²) >= 11 is 0.823. The predicted octanol–water partition coefficient (Wildman–Crippen LogP) is 3.85. The van der Waals surface area contributed by atoms with E-state index in [1.165, 1.54) is 12.3 Å². The molecule has 1 saturated heterocycles. The molecule has 0 unspecified atom stereocenters. The summed E-state index contributed by atoms with van der Waals surface area (Å²) in [4.78, 5) is 33.8. The van der Waals surface area contributed by atoms with Gasteiger partial charge in [0.2, 0.25) is 0 Å². The molecule has 184 valence electrons. The Morgan fingerprint density at radius 1 is 1.29 bits per heavy atom. The van der Waals surface area contributed by atoms with Gasteiger partial charge in [-0.15, -0.1) is 0 Å². The van der Waals surface area contributed by atoms with Crippen molar-refractivity contribution in [2.24, 2.45) is 12.0 Å². The van der Waals surface area contributed by atoms with Gasteiger partial charge < -0.3 is 20.7 Å². The molecule has 1 atom stereocenters. The van der Waals surface area contributed by atoms with Crippen LogP contribution in [0.3, 0.4) is 0 Å². The number of halogens is 2. The summed E-state index contributed by atoms with van der Waals surface area (Å²) in [6.07, 6.45) is 2.49. The summed E-state index contributed by atoms with van der Waals surface area (Å²) in [5.41, 5.74) is 5.92. The van der Waals surface area contributed by atoms with Crippen molar-refractivity contribution in [3.63, 3.8) is 0 Å². The number of thiazole rings is 1. The quantitative estimate of drug-likeness (QED) is 0.506. The molecule has 10 nitrogen and oxygen atoms in total. The fraction of sp³-hybridized carbons (Fsp3) is 0.318. The van der Waals surface area contributed by atoms with Gasteiger partial charge in [-0.2, -0.15) is 10.1 Å². The highest BCUT2D eigenvalue weighted by atomic mass is 32.1.